The van der Waals surface area contributed by atoms with E-state index in [1.165, 1.54) is 7.11 Å². The molecule has 0 N–H and O–H groups in total. The van der Waals surface area contributed by atoms with Gasteiger partial charge in [0.2, 0.25) is 0 Å². The van der Waals surface area contributed by atoms with Gasteiger partial charge >= 0.3 is 0 Å². The summed E-state index contributed by atoms with van der Waals surface area (Å²) in [5, 5.41) is 0. The summed E-state index contributed by atoms with van der Waals surface area (Å²) in [5.41, 5.74) is 1.16. The van der Waals surface area contributed by atoms with Crippen LogP contribution in [-0.4, -0.2) is 7.11 Å². The number of hydrogen-bond acceptors (Lipinski definition) is 2. The molecule has 1 aromatic carbocycles. The standard InChI is InChI=1S/C9H12O2/c1-3-8-6-4-5-7-9(8)11-10-2/h4-7H,3H2,1-2H3. The fourth-order valence-electron chi connectivity index (χ4n) is 0.967. The molecule has 0 aliphatic heterocycles. The zero-order valence-corrected chi connectivity index (χ0v) is 6.83. The highest BCUT2D eigenvalue weighted by molar-refractivity contribution is 5.32. The van der Waals surface area contributed by atoms with Crippen molar-refractivity contribution in [1.82, 2.24) is 0 Å². The van der Waals surface area contributed by atoms with Crippen molar-refractivity contribution in [3.63, 3.8) is 0 Å². The molecule has 0 spiro atoms. The number of aryl methyl sites for hydroxylation is 1. The van der Waals surface area contributed by atoms with Crippen molar-refractivity contribution in [3.05, 3.63) is 29.8 Å². The van der Waals surface area contributed by atoms with Gasteiger partial charge in [0.25, 0.3) is 0 Å². The molecule has 0 radical (unpaired) electrons. The maximum atomic E-state index is 4.93. The van der Waals surface area contributed by atoms with Crippen molar-refractivity contribution in [1.29, 1.82) is 0 Å². The van der Waals surface area contributed by atoms with Crippen LogP contribution in [0.2, 0.25) is 0 Å². The third kappa shape index (κ3) is 1.95. The summed E-state index contributed by atoms with van der Waals surface area (Å²) >= 11 is 0. The quantitative estimate of drug-likeness (QED) is 0.488. The Morgan fingerprint density at radius 1 is 1.27 bits per heavy atom. The molecule has 0 saturated carbocycles. The summed E-state index contributed by atoms with van der Waals surface area (Å²) in [6, 6.07) is 7.82. The van der Waals surface area contributed by atoms with Gasteiger partial charge in [-0.2, -0.15) is 4.89 Å². The van der Waals surface area contributed by atoms with E-state index in [2.05, 4.69) is 11.8 Å². The molecule has 0 aliphatic rings. The van der Waals surface area contributed by atoms with Gasteiger partial charge in [-0.25, -0.2) is 0 Å². The van der Waals surface area contributed by atoms with Crippen molar-refractivity contribution in [2.24, 2.45) is 0 Å². The third-order valence-corrected chi connectivity index (χ3v) is 1.53. The van der Waals surface area contributed by atoms with E-state index >= 15 is 0 Å². The van der Waals surface area contributed by atoms with Crippen LogP contribution in [0.5, 0.6) is 5.75 Å². The lowest BCUT2D eigenvalue weighted by Gasteiger charge is -2.04. The molecular formula is C9H12O2. The maximum Gasteiger partial charge on any atom is 0.168 e. The van der Waals surface area contributed by atoms with Crippen LogP contribution in [0.3, 0.4) is 0 Å². The highest BCUT2D eigenvalue weighted by Gasteiger charge is 1.98. The van der Waals surface area contributed by atoms with E-state index in [9.17, 15) is 0 Å². The first kappa shape index (κ1) is 8.08. The molecule has 0 atom stereocenters. The fourth-order valence-corrected chi connectivity index (χ4v) is 0.967. The first-order valence-corrected chi connectivity index (χ1v) is 3.67. The Morgan fingerprint density at radius 3 is 2.64 bits per heavy atom. The van der Waals surface area contributed by atoms with Gasteiger partial charge in [0, 0.05) is 0 Å². The molecule has 0 fully saturated rings. The Hall–Kier alpha value is -1.02. The molecule has 0 aliphatic carbocycles. The molecule has 0 amide bonds. The SMILES string of the molecule is CCc1ccccc1OOC. The fraction of sp³-hybridized carbons (Fsp3) is 0.333. The highest BCUT2D eigenvalue weighted by Crippen LogP contribution is 2.17. The third-order valence-electron chi connectivity index (χ3n) is 1.53. The van der Waals surface area contributed by atoms with Crippen LogP contribution in [0.1, 0.15) is 12.5 Å². The van der Waals surface area contributed by atoms with Crippen LogP contribution in [0, 0.1) is 0 Å². The van der Waals surface area contributed by atoms with Gasteiger partial charge in [-0.05, 0) is 18.1 Å². The topological polar surface area (TPSA) is 18.5 Å². The van der Waals surface area contributed by atoms with Gasteiger partial charge in [-0.1, -0.05) is 25.1 Å². The zero-order valence-electron chi connectivity index (χ0n) is 6.83. The van der Waals surface area contributed by atoms with Crippen molar-refractivity contribution in [2.75, 3.05) is 7.11 Å². The van der Waals surface area contributed by atoms with Crippen molar-refractivity contribution in [3.8, 4) is 5.75 Å². The van der Waals surface area contributed by atoms with Crippen molar-refractivity contribution < 1.29 is 9.78 Å². The lowest BCUT2D eigenvalue weighted by molar-refractivity contribution is -0.178. The second kappa shape index (κ2) is 3.98. The van der Waals surface area contributed by atoms with Crippen LogP contribution < -0.4 is 4.89 Å². The molecule has 1 aromatic rings. The molecule has 0 unspecified atom stereocenters. The average Bonchev–Trinajstić information content (AvgIpc) is 2.06. The zero-order chi connectivity index (χ0) is 8.10. The Balaban J connectivity index is 2.83. The first-order valence-electron chi connectivity index (χ1n) is 3.67. The summed E-state index contributed by atoms with van der Waals surface area (Å²) in [5.74, 6) is 0.803. The molecule has 0 saturated heterocycles. The van der Waals surface area contributed by atoms with Gasteiger partial charge in [-0.15, -0.1) is 0 Å². The van der Waals surface area contributed by atoms with Crippen LogP contribution in [0.15, 0.2) is 24.3 Å². The Labute approximate surface area is 66.7 Å². The normalized spacial score (nSPS) is 9.64. The van der Waals surface area contributed by atoms with E-state index in [0.717, 1.165) is 17.7 Å². The Kier molecular flexibility index (Phi) is 2.93. The van der Waals surface area contributed by atoms with Crippen LogP contribution >= 0.6 is 0 Å². The molecule has 2 nitrogen and oxygen atoms in total. The molecule has 60 valence electrons. The number of rotatable bonds is 3. The number of hydrogen-bond donors (Lipinski definition) is 0. The maximum absolute atomic E-state index is 4.93. The molecule has 0 heterocycles. The smallest absolute Gasteiger partial charge is 0.168 e. The lowest BCUT2D eigenvalue weighted by Crippen LogP contribution is -1.94. The Bertz CT molecular complexity index is 221. The first-order chi connectivity index (χ1) is 5.38. The largest absolute Gasteiger partial charge is 0.338 e. The van der Waals surface area contributed by atoms with Gasteiger partial charge in [-0.3, -0.25) is 0 Å². The minimum atomic E-state index is 0.803. The molecule has 2 heteroatoms. The van der Waals surface area contributed by atoms with Gasteiger partial charge in [0.15, 0.2) is 5.75 Å². The van der Waals surface area contributed by atoms with Crippen molar-refractivity contribution in [2.45, 2.75) is 13.3 Å². The summed E-state index contributed by atoms with van der Waals surface area (Å²) in [7, 11) is 1.51. The van der Waals surface area contributed by atoms with E-state index in [4.69, 9.17) is 4.89 Å². The average molecular weight is 152 g/mol. The van der Waals surface area contributed by atoms with E-state index < -0.39 is 0 Å². The van der Waals surface area contributed by atoms with E-state index in [0.29, 0.717) is 0 Å². The van der Waals surface area contributed by atoms with Crippen LogP contribution in [0.25, 0.3) is 0 Å². The monoisotopic (exact) mass is 152 g/mol. The minimum Gasteiger partial charge on any atom is -0.338 e. The molecule has 0 aromatic heterocycles. The number of para-hydroxylation sites is 1. The summed E-state index contributed by atoms with van der Waals surface area (Å²) in [4.78, 5) is 9.50. The second-order valence-electron chi connectivity index (χ2n) is 2.21. The summed E-state index contributed by atoms with van der Waals surface area (Å²) in [6.07, 6.45) is 0.958. The minimum absolute atomic E-state index is 0.803. The molecule has 0 bridgehead atoms. The Morgan fingerprint density at radius 2 is 2.00 bits per heavy atom. The lowest BCUT2D eigenvalue weighted by atomic mass is 10.1. The molecule has 1 rings (SSSR count). The van der Waals surface area contributed by atoms with Gasteiger partial charge in [0.05, 0.1) is 7.11 Å². The summed E-state index contributed by atoms with van der Waals surface area (Å²) in [6.45, 7) is 2.08. The second-order valence-corrected chi connectivity index (χ2v) is 2.21. The summed E-state index contributed by atoms with van der Waals surface area (Å²) < 4.78 is 0. The van der Waals surface area contributed by atoms with Crippen LogP contribution in [-0.2, 0) is 11.3 Å². The number of benzene rings is 1. The molecular weight excluding hydrogens is 140 g/mol. The predicted molar refractivity (Wildman–Crippen MR) is 43.5 cm³/mol. The van der Waals surface area contributed by atoms with Crippen LogP contribution in [0.4, 0.5) is 0 Å². The van der Waals surface area contributed by atoms with Crippen molar-refractivity contribution >= 4 is 0 Å². The highest BCUT2D eigenvalue weighted by atomic mass is 17.2. The van der Waals surface area contributed by atoms with Gasteiger partial charge in [0.1, 0.15) is 0 Å². The van der Waals surface area contributed by atoms with E-state index in [-0.39, 0.29) is 0 Å². The van der Waals surface area contributed by atoms with Gasteiger partial charge < -0.3 is 4.89 Å². The predicted octanol–water partition coefficient (Wildman–Crippen LogP) is 2.19. The van der Waals surface area contributed by atoms with E-state index in [1.54, 1.807) is 0 Å². The van der Waals surface area contributed by atoms with E-state index in [1.807, 2.05) is 24.3 Å². The molecule has 11 heavy (non-hydrogen) atoms.